The lowest BCUT2D eigenvalue weighted by molar-refractivity contribution is -0.121. The Labute approximate surface area is 157 Å². The molecule has 0 saturated carbocycles. The molecule has 2 aromatic heterocycles. The summed E-state index contributed by atoms with van der Waals surface area (Å²) in [6.07, 6.45) is 6.66. The monoisotopic (exact) mass is 385 g/mol. The topological polar surface area (TPSA) is 102 Å². The van der Waals surface area contributed by atoms with Crippen LogP contribution in [0.25, 0.3) is 11.5 Å². The van der Waals surface area contributed by atoms with Crippen molar-refractivity contribution in [2.45, 2.75) is 24.3 Å². The molecule has 0 atom stereocenters. The zero-order valence-electron chi connectivity index (χ0n) is 14.8. The van der Waals surface area contributed by atoms with Crippen molar-refractivity contribution >= 4 is 15.7 Å². The molecule has 0 unspecified atom stereocenters. The van der Waals surface area contributed by atoms with Gasteiger partial charge in [-0.1, -0.05) is 12.1 Å². The third kappa shape index (κ3) is 5.01. The number of amides is 1. The van der Waals surface area contributed by atoms with E-state index in [1.54, 1.807) is 55.1 Å². The van der Waals surface area contributed by atoms with Gasteiger partial charge >= 0.3 is 0 Å². The fourth-order valence-electron chi connectivity index (χ4n) is 2.55. The van der Waals surface area contributed by atoms with E-state index >= 15 is 0 Å². The predicted molar refractivity (Wildman–Crippen MR) is 99.5 cm³/mol. The van der Waals surface area contributed by atoms with Crippen molar-refractivity contribution in [3.8, 4) is 11.5 Å². The van der Waals surface area contributed by atoms with E-state index < -0.39 is 9.84 Å². The fraction of sp³-hybridized carbons (Fsp3) is 0.211. The third-order valence-corrected chi connectivity index (χ3v) is 5.10. The number of hydrogen-bond donors (Lipinski definition) is 1. The van der Waals surface area contributed by atoms with Gasteiger partial charge in [-0.05, 0) is 36.2 Å². The highest BCUT2D eigenvalue weighted by Gasteiger charge is 2.12. The van der Waals surface area contributed by atoms with Crippen molar-refractivity contribution < 1.29 is 17.6 Å². The van der Waals surface area contributed by atoms with Gasteiger partial charge in [-0.15, -0.1) is 0 Å². The first-order valence-electron chi connectivity index (χ1n) is 8.33. The van der Waals surface area contributed by atoms with Gasteiger partial charge in [0.05, 0.1) is 23.4 Å². The molecule has 0 aliphatic carbocycles. The minimum absolute atomic E-state index is 0.127. The SMILES string of the molecule is CS(=O)(=O)c1ccc(CCC(=O)NCc2nccnc2-c2ccco2)cc1. The van der Waals surface area contributed by atoms with Crippen molar-refractivity contribution in [3.63, 3.8) is 0 Å². The van der Waals surface area contributed by atoms with Crippen LogP contribution in [0.5, 0.6) is 0 Å². The molecule has 0 saturated heterocycles. The van der Waals surface area contributed by atoms with Crippen LogP contribution in [0.15, 0.2) is 64.4 Å². The maximum Gasteiger partial charge on any atom is 0.220 e. The van der Waals surface area contributed by atoms with Crippen LogP contribution in [-0.2, 0) is 27.6 Å². The van der Waals surface area contributed by atoms with Gasteiger partial charge in [-0.2, -0.15) is 0 Å². The second-order valence-electron chi connectivity index (χ2n) is 6.02. The summed E-state index contributed by atoms with van der Waals surface area (Å²) in [5.74, 6) is 0.469. The van der Waals surface area contributed by atoms with Gasteiger partial charge in [0.1, 0.15) is 5.69 Å². The number of nitrogens with one attached hydrogen (secondary N) is 1. The molecular formula is C19H19N3O4S. The number of furan rings is 1. The molecule has 0 fully saturated rings. The zero-order chi connectivity index (χ0) is 19.3. The summed E-state index contributed by atoms with van der Waals surface area (Å²) in [4.78, 5) is 20.9. The standard InChI is InChI=1S/C19H19N3O4S/c1-27(24,25)15-7-4-14(5-8-15)6-9-18(23)22-13-16-19(21-11-10-20-16)17-3-2-12-26-17/h2-5,7-8,10-12H,6,9,13H2,1H3,(H,22,23). The molecule has 0 spiro atoms. The van der Waals surface area contributed by atoms with E-state index in [9.17, 15) is 13.2 Å². The second-order valence-corrected chi connectivity index (χ2v) is 8.04. The molecule has 140 valence electrons. The molecule has 1 aromatic carbocycles. The van der Waals surface area contributed by atoms with Crippen LogP contribution in [0.1, 0.15) is 17.7 Å². The van der Waals surface area contributed by atoms with Crippen molar-refractivity contribution in [2.75, 3.05) is 6.26 Å². The molecule has 27 heavy (non-hydrogen) atoms. The van der Waals surface area contributed by atoms with Crippen LogP contribution in [-0.4, -0.2) is 30.5 Å². The minimum atomic E-state index is -3.21. The number of nitrogens with zero attached hydrogens (tertiary/aromatic N) is 2. The highest BCUT2D eigenvalue weighted by atomic mass is 32.2. The Balaban J connectivity index is 1.55. The Morgan fingerprint density at radius 3 is 2.52 bits per heavy atom. The van der Waals surface area contributed by atoms with Crippen molar-refractivity contribution in [2.24, 2.45) is 0 Å². The molecule has 7 nitrogen and oxygen atoms in total. The lowest BCUT2D eigenvalue weighted by Crippen LogP contribution is -2.24. The average molecular weight is 385 g/mol. The zero-order valence-corrected chi connectivity index (χ0v) is 15.6. The Morgan fingerprint density at radius 1 is 1.11 bits per heavy atom. The van der Waals surface area contributed by atoms with Crippen molar-refractivity contribution in [3.05, 3.63) is 66.3 Å². The third-order valence-electron chi connectivity index (χ3n) is 3.97. The molecule has 8 heteroatoms. The van der Waals surface area contributed by atoms with Gasteiger partial charge in [0.2, 0.25) is 5.91 Å². The van der Waals surface area contributed by atoms with Crippen LogP contribution in [0.3, 0.4) is 0 Å². The average Bonchev–Trinajstić information content (AvgIpc) is 3.19. The van der Waals surface area contributed by atoms with E-state index in [1.165, 1.54) is 6.26 Å². The first kappa shape index (κ1) is 18.8. The first-order chi connectivity index (χ1) is 12.9. The quantitative estimate of drug-likeness (QED) is 0.670. The molecule has 0 bridgehead atoms. The van der Waals surface area contributed by atoms with E-state index in [-0.39, 0.29) is 23.8 Å². The van der Waals surface area contributed by atoms with Gasteiger partial charge < -0.3 is 9.73 Å². The summed E-state index contributed by atoms with van der Waals surface area (Å²) in [6.45, 7) is 0.246. The molecule has 0 aliphatic heterocycles. The number of sulfone groups is 1. The van der Waals surface area contributed by atoms with Crippen LogP contribution in [0, 0.1) is 0 Å². The van der Waals surface area contributed by atoms with Crippen LogP contribution >= 0.6 is 0 Å². The Morgan fingerprint density at radius 2 is 1.85 bits per heavy atom. The van der Waals surface area contributed by atoms with E-state index in [2.05, 4.69) is 15.3 Å². The summed E-state index contributed by atoms with van der Waals surface area (Å²) >= 11 is 0. The maximum absolute atomic E-state index is 12.1. The maximum atomic E-state index is 12.1. The minimum Gasteiger partial charge on any atom is -0.463 e. The highest BCUT2D eigenvalue weighted by Crippen LogP contribution is 2.19. The van der Waals surface area contributed by atoms with Gasteiger partial charge in [-0.3, -0.25) is 9.78 Å². The van der Waals surface area contributed by atoms with Crippen molar-refractivity contribution in [1.82, 2.24) is 15.3 Å². The van der Waals surface area contributed by atoms with E-state index in [0.29, 0.717) is 23.6 Å². The largest absolute Gasteiger partial charge is 0.463 e. The normalized spacial score (nSPS) is 11.3. The van der Waals surface area contributed by atoms with Crippen molar-refractivity contribution in [1.29, 1.82) is 0 Å². The van der Waals surface area contributed by atoms with Gasteiger partial charge in [0, 0.05) is 25.1 Å². The Hall–Kier alpha value is -3.00. The lowest BCUT2D eigenvalue weighted by Gasteiger charge is -2.08. The molecule has 0 aliphatic rings. The molecular weight excluding hydrogens is 366 g/mol. The Kier molecular flexibility index (Phi) is 5.66. The number of benzene rings is 1. The van der Waals surface area contributed by atoms with Crippen LogP contribution < -0.4 is 5.32 Å². The molecule has 1 amide bonds. The number of aromatic nitrogens is 2. The van der Waals surface area contributed by atoms with Crippen LogP contribution in [0.4, 0.5) is 0 Å². The molecule has 2 heterocycles. The van der Waals surface area contributed by atoms with Gasteiger partial charge in [-0.25, -0.2) is 13.4 Å². The predicted octanol–water partition coefficient (Wildman–Crippen LogP) is 2.39. The smallest absolute Gasteiger partial charge is 0.220 e. The molecule has 3 rings (SSSR count). The van der Waals surface area contributed by atoms with E-state index in [1.807, 2.05) is 0 Å². The van der Waals surface area contributed by atoms with E-state index in [4.69, 9.17) is 4.42 Å². The second kappa shape index (κ2) is 8.13. The van der Waals surface area contributed by atoms with Gasteiger partial charge in [0.15, 0.2) is 15.6 Å². The fourth-order valence-corrected chi connectivity index (χ4v) is 3.18. The lowest BCUT2D eigenvalue weighted by atomic mass is 10.1. The number of carbonyl (C=O) groups excluding carboxylic acids is 1. The highest BCUT2D eigenvalue weighted by molar-refractivity contribution is 7.90. The molecule has 3 aromatic rings. The Bertz CT molecular complexity index is 1010. The van der Waals surface area contributed by atoms with Crippen LogP contribution in [0.2, 0.25) is 0 Å². The summed E-state index contributed by atoms with van der Waals surface area (Å²) in [7, 11) is -3.21. The first-order valence-corrected chi connectivity index (χ1v) is 10.2. The summed E-state index contributed by atoms with van der Waals surface area (Å²) in [5, 5.41) is 2.83. The molecule has 1 N–H and O–H groups in total. The number of carbonyl (C=O) groups is 1. The number of aryl methyl sites for hydroxylation is 1. The number of hydrogen-bond acceptors (Lipinski definition) is 6. The van der Waals surface area contributed by atoms with Gasteiger partial charge in [0.25, 0.3) is 0 Å². The molecule has 0 radical (unpaired) electrons. The summed E-state index contributed by atoms with van der Waals surface area (Å²) in [5.41, 5.74) is 2.12. The summed E-state index contributed by atoms with van der Waals surface area (Å²) < 4.78 is 28.3. The number of rotatable bonds is 7. The van der Waals surface area contributed by atoms with E-state index in [0.717, 1.165) is 5.56 Å². The summed E-state index contributed by atoms with van der Waals surface area (Å²) in [6, 6.07) is 10.1.